The molecule has 0 aliphatic rings. The largest absolute Gasteiger partial charge is 0.481 e. The topological polar surface area (TPSA) is 112 Å². The van der Waals surface area contributed by atoms with Crippen molar-refractivity contribution in [1.82, 2.24) is 9.97 Å². The number of sulfonamides is 1. The number of carboxylic acids is 1. The van der Waals surface area contributed by atoms with Crippen LogP contribution < -0.4 is 4.72 Å². The molecule has 0 atom stereocenters. The second-order valence-corrected chi connectivity index (χ2v) is 6.14. The third-order valence-corrected chi connectivity index (χ3v) is 4.11. The van der Waals surface area contributed by atoms with Crippen molar-refractivity contribution in [2.45, 2.75) is 24.8 Å². The molecule has 0 unspecified atom stereocenters. The lowest BCUT2D eigenvalue weighted by molar-refractivity contribution is -0.136. The number of hydrogen-bond acceptors (Lipinski definition) is 4. The van der Waals surface area contributed by atoms with E-state index in [9.17, 15) is 13.2 Å². The van der Waals surface area contributed by atoms with Crippen LogP contribution in [0, 0.1) is 6.92 Å². The van der Waals surface area contributed by atoms with Gasteiger partial charge < -0.3 is 10.1 Å². The fourth-order valence-corrected chi connectivity index (χ4v) is 2.89. The van der Waals surface area contributed by atoms with Crippen molar-refractivity contribution in [2.75, 3.05) is 4.72 Å². The molecule has 21 heavy (non-hydrogen) atoms. The van der Waals surface area contributed by atoms with Gasteiger partial charge in [-0.3, -0.25) is 9.52 Å². The lowest BCUT2D eigenvalue weighted by atomic mass is 10.1. The summed E-state index contributed by atoms with van der Waals surface area (Å²) in [4.78, 5) is 17.1. The van der Waals surface area contributed by atoms with Crippen LogP contribution in [0.25, 0.3) is 0 Å². The molecule has 0 aliphatic carbocycles. The molecule has 0 radical (unpaired) electrons. The van der Waals surface area contributed by atoms with Crippen LogP contribution in [0.3, 0.4) is 0 Å². The molecule has 7 nitrogen and oxygen atoms in total. The summed E-state index contributed by atoms with van der Waals surface area (Å²) in [6, 6.07) is 6.70. The Labute approximate surface area is 122 Å². The van der Waals surface area contributed by atoms with Crippen LogP contribution in [-0.2, 0) is 21.2 Å². The Morgan fingerprint density at radius 3 is 2.71 bits per heavy atom. The summed E-state index contributed by atoms with van der Waals surface area (Å²) in [5.74, 6) is -0.439. The summed E-state index contributed by atoms with van der Waals surface area (Å²) >= 11 is 0. The third kappa shape index (κ3) is 3.82. The van der Waals surface area contributed by atoms with E-state index < -0.39 is 16.0 Å². The van der Waals surface area contributed by atoms with E-state index in [2.05, 4.69) is 14.7 Å². The van der Waals surface area contributed by atoms with E-state index in [1.54, 1.807) is 31.2 Å². The monoisotopic (exact) mass is 309 g/mol. The van der Waals surface area contributed by atoms with E-state index in [1.807, 2.05) is 0 Å². The van der Waals surface area contributed by atoms with Gasteiger partial charge in [-0.15, -0.1) is 0 Å². The molecule has 0 amide bonds. The van der Waals surface area contributed by atoms with Crippen molar-refractivity contribution < 1.29 is 18.3 Å². The highest BCUT2D eigenvalue weighted by atomic mass is 32.2. The normalized spacial score (nSPS) is 11.3. The molecule has 0 saturated carbocycles. The maximum Gasteiger partial charge on any atom is 0.303 e. The average Bonchev–Trinajstić information content (AvgIpc) is 2.85. The molecule has 112 valence electrons. The highest BCUT2D eigenvalue weighted by Gasteiger charge is 2.18. The predicted molar refractivity (Wildman–Crippen MR) is 76.5 cm³/mol. The van der Waals surface area contributed by atoms with Crippen molar-refractivity contribution in [2.24, 2.45) is 0 Å². The zero-order valence-electron chi connectivity index (χ0n) is 11.3. The number of aromatic nitrogens is 2. The van der Waals surface area contributed by atoms with Crippen molar-refractivity contribution in [3.05, 3.63) is 41.9 Å². The molecule has 8 heteroatoms. The molecule has 0 fully saturated rings. The number of rotatable bonds is 6. The summed E-state index contributed by atoms with van der Waals surface area (Å²) < 4.78 is 26.9. The summed E-state index contributed by atoms with van der Waals surface area (Å²) in [6.45, 7) is 1.65. The number of carbonyl (C=O) groups is 1. The fourth-order valence-electron chi connectivity index (χ4n) is 1.81. The van der Waals surface area contributed by atoms with Gasteiger partial charge in [0.2, 0.25) is 0 Å². The van der Waals surface area contributed by atoms with Crippen LogP contribution in [0.15, 0.2) is 35.5 Å². The molecule has 2 aromatic rings. The number of aryl methyl sites for hydroxylation is 2. The first kappa shape index (κ1) is 15.0. The molecule has 0 spiro atoms. The predicted octanol–water partition coefficient (Wildman–Crippen LogP) is 1.54. The molecule has 1 heterocycles. The first-order valence-corrected chi connectivity index (χ1v) is 7.71. The summed E-state index contributed by atoms with van der Waals surface area (Å²) in [5.41, 5.74) is 0.991. The number of aliphatic carboxylic acids is 1. The van der Waals surface area contributed by atoms with Crippen molar-refractivity contribution >= 4 is 21.7 Å². The SMILES string of the molecule is Cc1ncc(S(=O)(=O)Nc2ccccc2CCC(=O)O)[nH]1. The van der Waals surface area contributed by atoms with E-state index in [0.29, 0.717) is 17.1 Å². The van der Waals surface area contributed by atoms with Crippen LogP contribution >= 0.6 is 0 Å². The Hall–Kier alpha value is -2.35. The van der Waals surface area contributed by atoms with Gasteiger partial charge in [0.25, 0.3) is 10.0 Å². The molecule has 0 aliphatic heterocycles. The minimum absolute atomic E-state index is 0.0342. The second-order valence-electron chi connectivity index (χ2n) is 4.49. The Kier molecular flexibility index (Phi) is 4.27. The minimum Gasteiger partial charge on any atom is -0.481 e. The summed E-state index contributed by atoms with van der Waals surface area (Å²) in [7, 11) is -3.77. The van der Waals surface area contributed by atoms with Gasteiger partial charge in [-0.1, -0.05) is 18.2 Å². The highest BCUT2D eigenvalue weighted by molar-refractivity contribution is 7.92. The number of carboxylic acid groups (broad SMARTS) is 1. The Balaban J connectivity index is 2.25. The Morgan fingerprint density at radius 2 is 2.10 bits per heavy atom. The number of nitrogens with one attached hydrogen (secondary N) is 2. The highest BCUT2D eigenvalue weighted by Crippen LogP contribution is 2.20. The van der Waals surface area contributed by atoms with Crippen LogP contribution in [0.4, 0.5) is 5.69 Å². The Morgan fingerprint density at radius 1 is 1.38 bits per heavy atom. The van der Waals surface area contributed by atoms with Gasteiger partial charge >= 0.3 is 5.97 Å². The van der Waals surface area contributed by atoms with Crippen LogP contribution in [0.2, 0.25) is 0 Å². The minimum atomic E-state index is -3.77. The van der Waals surface area contributed by atoms with Crippen molar-refractivity contribution in [1.29, 1.82) is 0 Å². The number of para-hydroxylation sites is 1. The smallest absolute Gasteiger partial charge is 0.303 e. The van der Waals surface area contributed by atoms with Gasteiger partial charge in [0.15, 0.2) is 5.03 Å². The van der Waals surface area contributed by atoms with E-state index in [4.69, 9.17) is 5.11 Å². The van der Waals surface area contributed by atoms with Crippen molar-refractivity contribution in [3.8, 4) is 0 Å². The summed E-state index contributed by atoms with van der Waals surface area (Å²) in [5, 5.41) is 8.69. The first-order valence-electron chi connectivity index (χ1n) is 6.22. The maximum absolute atomic E-state index is 12.2. The number of nitrogens with zero attached hydrogens (tertiary/aromatic N) is 1. The van der Waals surface area contributed by atoms with Crippen LogP contribution in [-0.4, -0.2) is 29.5 Å². The third-order valence-electron chi connectivity index (χ3n) is 2.84. The average molecular weight is 309 g/mol. The zero-order valence-corrected chi connectivity index (χ0v) is 12.1. The molecular formula is C13H15N3O4S. The molecule has 1 aromatic carbocycles. The maximum atomic E-state index is 12.2. The first-order chi connectivity index (χ1) is 9.88. The van der Waals surface area contributed by atoms with Gasteiger partial charge in [0, 0.05) is 6.42 Å². The number of aromatic amines is 1. The fraction of sp³-hybridized carbons (Fsp3) is 0.231. The Bertz CT molecular complexity index is 752. The van der Waals surface area contributed by atoms with Crippen LogP contribution in [0.1, 0.15) is 17.8 Å². The standard InChI is InChI=1S/C13H15N3O4S/c1-9-14-8-12(15-9)21(19,20)16-11-5-3-2-4-10(11)6-7-13(17)18/h2-5,8,16H,6-7H2,1H3,(H,14,15)(H,17,18). The van der Waals surface area contributed by atoms with E-state index in [1.165, 1.54) is 6.20 Å². The van der Waals surface area contributed by atoms with Gasteiger partial charge in [0.1, 0.15) is 5.82 Å². The molecule has 3 N–H and O–H groups in total. The molecular weight excluding hydrogens is 294 g/mol. The van der Waals surface area contributed by atoms with Gasteiger partial charge in [-0.2, -0.15) is 8.42 Å². The van der Waals surface area contributed by atoms with Crippen LogP contribution in [0.5, 0.6) is 0 Å². The van der Waals surface area contributed by atoms with E-state index >= 15 is 0 Å². The van der Waals surface area contributed by atoms with Gasteiger partial charge in [0.05, 0.1) is 11.9 Å². The number of benzene rings is 1. The second kappa shape index (κ2) is 5.96. The quantitative estimate of drug-likeness (QED) is 0.749. The van der Waals surface area contributed by atoms with Crippen molar-refractivity contribution in [3.63, 3.8) is 0 Å². The molecule has 2 rings (SSSR count). The lowest BCUT2D eigenvalue weighted by Gasteiger charge is -2.11. The number of H-pyrrole nitrogens is 1. The zero-order chi connectivity index (χ0) is 15.5. The van der Waals surface area contributed by atoms with Gasteiger partial charge in [-0.05, 0) is 25.0 Å². The number of imidazole rings is 1. The molecule has 1 aromatic heterocycles. The van der Waals surface area contributed by atoms with E-state index in [0.717, 1.165) is 0 Å². The summed E-state index contributed by atoms with van der Waals surface area (Å²) in [6.07, 6.45) is 1.41. The van der Waals surface area contributed by atoms with Gasteiger partial charge in [-0.25, -0.2) is 4.98 Å². The number of hydrogen-bond donors (Lipinski definition) is 3. The number of anilines is 1. The lowest BCUT2D eigenvalue weighted by Crippen LogP contribution is -2.15. The molecule has 0 saturated heterocycles. The van der Waals surface area contributed by atoms with E-state index in [-0.39, 0.29) is 17.9 Å². The molecule has 0 bridgehead atoms.